The highest BCUT2D eigenvalue weighted by Gasteiger charge is 2.22. The van der Waals surface area contributed by atoms with Crippen molar-refractivity contribution < 1.29 is 32.8 Å². The molecule has 0 saturated heterocycles. The molecular weight excluding hydrogens is 502 g/mol. The summed E-state index contributed by atoms with van der Waals surface area (Å²) in [7, 11) is 3.16. The van der Waals surface area contributed by atoms with Gasteiger partial charge in [0.25, 0.3) is 5.91 Å². The molecule has 2 aromatic heterocycles. The zero-order chi connectivity index (χ0) is 28.1. The summed E-state index contributed by atoms with van der Waals surface area (Å²) in [6.07, 6.45) is 3.42. The van der Waals surface area contributed by atoms with E-state index in [4.69, 9.17) is 18.4 Å². The van der Waals surface area contributed by atoms with Gasteiger partial charge in [0.1, 0.15) is 16.9 Å². The second-order valence-electron chi connectivity index (χ2n) is 8.88. The van der Waals surface area contributed by atoms with Crippen molar-refractivity contribution in [2.75, 3.05) is 26.1 Å². The minimum Gasteiger partial charge on any atom is -0.493 e. The predicted molar refractivity (Wildman–Crippen MR) is 145 cm³/mol. The van der Waals surface area contributed by atoms with Gasteiger partial charge in [0.05, 0.1) is 26.1 Å². The molecule has 2 heterocycles. The third kappa shape index (κ3) is 6.01. The van der Waals surface area contributed by atoms with Crippen LogP contribution in [0.4, 0.5) is 5.69 Å². The molecule has 0 atom stereocenters. The molecule has 10 nitrogen and oxygen atoms in total. The van der Waals surface area contributed by atoms with Gasteiger partial charge in [0.2, 0.25) is 5.91 Å². The number of fused-ring (bicyclic) bond motifs is 1. The number of benzene rings is 2. The van der Waals surface area contributed by atoms with Gasteiger partial charge in [0, 0.05) is 24.9 Å². The van der Waals surface area contributed by atoms with Crippen molar-refractivity contribution >= 4 is 39.8 Å². The summed E-state index contributed by atoms with van der Waals surface area (Å²) in [4.78, 5) is 37.7. The van der Waals surface area contributed by atoms with E-state index in [1.807, 2.05) is 18.2 Å². The first kappa shape index (κ1) is 27.2. The minimum absolute atomic E-state index is 0.0270. The molecule has 39 heavy (non-hydrogen) atoms. The Morgan fingerprint density at radius 2 is 1.79 bits per heavy atom. The lowest BCUT2D eigenvalue weighted by molar-refractivity contribution is -0.116. The van der Waals surface area contributed by atoms with Crippen LogP contribution in [-0.2, 0) is 11.2 Å². The number of nitrogens with one attached hydrogen (secondary N) is 2. The number of methoxy groups -OCH3 is 2. The number of furan rings is 1. The van der Waals surface area contributed by atoms with Crippen molar-refractivity contribution in [2.45, 2.75) is 27.2 Å². The molecule has 2 aromatic carbocycles. The van der Waals surface area contributed by atoms with Crippen LogP contribution in [0.25, 0.3) is 16.5 Å². The molecule has 0 aliphatic rings. The lowest BCUT2D eigenvalue weighted by atomic mass is 10.0. The average Bonchev–Trinajstić information content (AvgIpc) is 3.51. The van der Waals surface area contributed by atoms with Gasteiger partial charge >= 0.3 is 0 Å². The Morgan fingerprint density at radius 3 is 2.46 bits per heavy atom. The summed E-state index contributed by atoms with van der Waals surface area (Å²) in [6.45, 7) is 5.21. The van der Waals surface area contributed by atoms with Crippen LogP contribution in [0.2, 0.25) is 0 Å². The van der Waals surface area contributed by atoms with Crippen LogP contribution < -0.4 is 20.1 Å². The maximum Gasteiger partial charge on any atom is 0.261 e. The van der Waals surface area contributed by atoms with Crippen molar-refractivity contribution in [3.8, 4) is 11.5 Å². The summed E-state index contributed by atoms with van der Waals surface area (Å²) in [5.41, 5.74) is 3.33. The Morgan fingerprint density at radius 1 is 1.03 bits per heavy atom. The number of carbonyl (C=O) groups is 3. The second kappa shape index (κ2) is 11.7. The van der Waals surface area contributed by atoms with Crippen LogP contribution >= 0.6 is 0 Å². The maximum atomic E-state index is 12.8. The Bertz CT molecular complexity index is 1580. The molecule has 0 unspecified atom stereocenters. The first-order valence-corrected chi connectivity index (χ1v) is 12.2. The summed E-state index contributed by atoms with van der Waals surface area (Å²) in [6, 6.07) is 10.9. The van der Waals surface area contributed by atoms with E-state index < -0.39 is 5.91 Å². The smallest absolute Gasteiger partial charge is 0.261 e. The van der Waals surface area contributed by atoms with Gasteiger partial charge in [-0.05, 0) is 61.2 Å². The normalized spacial score (nSPS) is 11.4. The lowest BCUT2D eigenvalue weighted by Gasteiger charge is -2.10. The molecule has 0 bridgehead atoms. The summed E-state index contributed by atoms with van der Waals surface area (Å²) in [5.74, 6) is 0.579. The number of hydrogen-bond donors (Lipinski definition) is 2. The SMILES string of the molecule is COc1ccc(CCNC(=O)/C=C(/C)c2ccc3oc(C(C)=O)c(NC(=O)c4cnoc4C)c3c2)cc1OC. The molecule has 10 heteroatoms. The van der Waals surface area contributed by atoms with Gasteiger partial charge in [-0.3, -0.25) is 14.4 Å². The maximum absolute atomic E-state index is 12.8. The standard InChI is InChI=1S/C29H29N3O7/c1-16(12-26(34)30-11-10-19-6-8-24(36-4)25(13-19)37-5)20-7-9-23-21(14-20)27(28(38-23)17(2)33)32-29(35)22-15-31-39-18(22)3/h6-9,12-15H,10-11H2,1-5H3,(H,30,34)(H,32,35)/b16-12-. The van der Waals surface area contributed by atoms with E-state index in [0.717, 1.165) is 11.1 Å². The molecule has 0 saturated carbocycles. The van der Waals surface area contributed by atoms with Crippen molar-refractivity contribution in [1.82, 2.24) is 10.5 Å². The zero-order valence-corrected chi connectivity index (χ0v) is 22.3. The first-order chi connectivity index (χ1) is 18.7. The highest BCUT2D eigenvalue weighted by molar-refractivity contribution is 6.15. The fourth-order valence-corrected chi connectivity index (χ4v) is 4.11. The number of amides is 2. The quantitative estimate of drug-likeness (QED) is 0.217. The molecule has 0 spiro atoms. The molecule has 2 N–H and O–H groups in total. The van der Waals surface area contributed by atoms with Gasteiger partial charge in [-0.2, -0.15) is 0 Å². The van der Waals surface area contributed by atoms with E-state index in [2.05, 4.69) is 15.8 Å². The number of aromatic nitrogens is 1. The fraction of sp³-hybridized carbons (Fsp3) is 0.241. The number of ketones is 1. The van der Waals surface area contributed by atoms with Gasteiger partial charge < -0.3 is 29.0 Å². The van der Waals surface area contributed by atoms with Crippen LogP contribution in [0.3, 0.4) is 0 Å². The number of hydrogen-bond acceptors (Lipinski definition) is 8. The van der Waals surface area contributed by atoms with Crippen LogP contribution in [0, 0.1) is 6.92 Å². The van der Waals surface area contributed by atoms with E-state index in [-0.39, 0.29) is 28.7 Å². The first-order valence-electron chi connectivity index (χ1n) is 12.2. The lowest BCUT2D eigenvalue weighted by Crippen LogP contribution is -2.23. The van der Waals surface area contributed by atoms with Gasteiger partial charge in [0.15, 0.2) is 23.0 Å². The fourth-order valence-electron chi connectivity index (χ4n) is 4.11. The van der Waals surface area contributed by atoms with E-state index in [9.17, 15) is 14.4 Å². The average molecular weight is 532 g/mol. The van der Waals surface area contributed by atoms with Gasteiger partial charge in [-0.1, -0.05) is 17.3 Å². The van der Waals surface area contributed by atoms with Crippen LogP contribution in [0.5, 0.6) is 11.5 Å². The van der Waals surface area contributed by atoms with Crippen molar-refractivity contribution in [1.29, 1.82) is 0 Å². The van der Waals surface area contributed by atoms with Gasteiger partial charge in [-0.15, -0.1) is 0 Å². The largest absolute Gasteiger partial charge is 0.493 e. The number of nitrogens with zero attached hydrogens (tertiary/aromatic N) is 1. The van der Waals surface area contributed by atoms with E-state index >= 15 is 0 Å². The van der Waals surface area contributed by atoms with Crippen molar-refractivity contribution in [2.24, 2.45) is 0 Å². The molecule has 202 valence electrons. The molecule has 0 radical (unpaired) electrons. The Kier molecular flexibility index (Phi) is 8.14. The van der Waals surface area contributed by atoms with Gasteiger partial charge in [-0.25, -0.2) is 0 Å². The number of anilines is 1. The van der Waals surface area contributed by atoms with Crippen LogP contribution in [-0.4, -0.2) is 43.5 Å². The summed E-state index contributed by atoms with van der Waals surface area (Å²) >= 11 is 0. The zero-order valence-electron chi connectivity index (χ0n) is 22.3. The third-order valence-electron chi connectivity index (χ3n) is 6.21. The predicted octanol–water partition coefficient (Wildman–Crippen LogP) is 4.96. The molecular formula is C29H29N3O7. The van der Waals surface area contributed by atoms with Crippen LogP contribution in [0.1, 0.15) is 51.6 Å². The van der Waals surface area contributed by atoms with E-state index in [1.54, 1.807) is 46.3 Å². The number of aryl methyl sites for hydroxylation is 1. The number of carbonyl (C=O) groups excluding carboxylic acids is 3. The Balaban J connectivity index is 1.50. The number of Topliss-reactive ketones (excluding diaryl/α,β-unsaturated/α-hetero) is 1. The third-order valence-corrected chi connectivity index (χ3v) is 6.21. The van der Waals surface area contributed by atoms with Crippen LogP contribution in [0.15, 0.2) is 57.6 Å². The molecule has 4 aromatic rings. The second-order valence-corrected chi connectivity index (χ2v) is 8.88. The molecule has 0 aliphatic heterocycles. The topological polar surface area (TPSA) is 133 Å². The summed E-state index contributed by atoms with van der Waals surface area (Å²) < 4.78 is 21.3. The van der Waals surface area contributed by atoms with Crippen molar-refractivity contribution in [3.05, 3.63) is 76.9 Å². The molecule has 0 aliphatic carbocycles. The molecule has 4 rings (SSSR count). The highest BCUT2D eigenvalue weighted by atomic mass is 16.5. The summed E-state index contributed by atoms with van der Waals surface area (Å²) in [5, 5.41) is 9.80. The van der Waals surface area contributed by atoms with E-state index in [0.29, 0.717) is 46.8 Å². The number of allylic oxidation sites excluding steroid dienone is 1. The Hall–Kier alpha value is -4.86. The molecule has 2 amide bonds. The minimum atomic E-state index is -0.481. The molecule has 0 fully saturated rings. The Labute approximate surface area is 224 Å². The highest BCUT2D eigenvalue weighted by Crippen LogP contribution is 2.34. The monoisotopic (exact) mass is 531 g/mol. The van der Waals surface area contributed by atoms with Crippen molar-refractivity contribution in [3.63, 3.8) is 0 Å². The van der Waals surface area contributed by atoms with E-state index in [1.165, 1.54) is 19.2 Å². The number of rotatable bonds is 10. The number of ether oxygens (including phenoxy) is 2.